The highest BCUT2D eigenvalue weighted by Crippen LogP contribution is 2.47. The van der Waals surface area contributed by atoms with Gasteiger partial charge in [0.05, 0.1) is 12.0 Å². The topological polar surface area (TPSA) is 61.9 Å². The molecule has 0 bridgehead atoms. The normalized spacial score (nSPS) is 26.8. The first-order valence-electron chi connectivity index (χ1n) is 11.1. The highest BCUT2D eigenvalue weighted by atomic mass is 16.5. The van der Waals surface area contributed by atoms with Crippen molar-refractivity contribution in [3.05, 3.63) is 29.8 Å². The van der Waals surface area contributed by atoms with Gasteiger partial charge < -0.3 is 19.9 Å². The molecule has 1 saturated heterocycles. The molecular formula is C23H33N3O3. The average Bonchev–Trinajstić information content (AvgIpc) is 2.89. The van der Waals surface area contributed by atoms with E-state index in [0.29, 0.717) is 12.6 Å². The number of piperidine rings is 1. The van der Waals surface area contributed by atoms with Crippen LogP contribution in [0.2, 0.25) is 0 Å². The first kappa shape index (κ1) is 20.2. The van der Waals surface area contributed by atoms with Gasteiger partial charge in [-0.3, -0.25) is 4.79 Å². The van der Waals surface area contributed by atoms with Crippen LogP contribution in [0.1, 0.15) is 57.4 Å². The maximum Gasteiger partial charge on any atom is 0.407 e. The molecule has 2 heterocycles. The molecule has 2 unspecified atom stereocenters. The van der Waals surface area contributed by atoms with Crippen LogP contribution in [0.3, 0.4) is 0 Å². The zero-order valence-electron chi connectivity index (χ0n) is 17.7. The van der Waals surface area contributed by atoms with Crippen molar-refractivity contribution in [3.63, 3.8) is 0 Å². The van der Waals surface area contributed by atoms with Crippen molar-refractivity contribution in [2.45, 2.75) is 69.4 Å². The highest BCUT2D eigenvalue weighted by molar-refractivity contribution is 6.07. The Balaban J connectivity index is 1.43. The molecule has 3 aliphatic rings. The molecule has 1 aliphatic carbocycles. The van der Waals surface area contributed by atoms with Gasteiger partial charge in [-0.05, 0) is 63.7 Å². The van der Waals surface area contributed by atoms with E-state index in [1.165, 1.54) is 18.4 Å². The van der Waals surface area contributed by atoms with Crippen LogP contribution in [-0.4, -0.2) is 55.7 Å². The maximum absolute atomic E-state index is 13.2. The molecular weight excluding hydrogens is 366 g/mol. The molecule has 1 spiro atoms. The largest absolute Gasteiger partial charge is 0.450 e. The second-order valence-electron chi connectivity index (χ2n) is 8.74. The van der Waals surface area contributed by atoms with Gasteiger partial charge in [-0.25, -0.2) is 4.79 Å². The number of anilines is 1. The fourth-order valence-electron chi connectivity index (χ4n) is 5.61. The van der Waals surface area contributed by atoms with Gasteiger partial charge in [0.1, 0.15) is 0 Å². The van der Waals surface area contributed by atoms with E-state index in [2.05, 4.69) is 28.4 Å². The van der Waals surface area contributed by atoms with E-state index in [-0.39, 0.29) is 23.5 Å². The molecule has 29 heavy (non-hydrogen) atoms. The first-order valence-corrected chi connectivity index (χ1v) is 11.1. The van der Waals surface area contributed by atoms with Crippen LogP contribution >= 0.6 is 0 Å². The predicted molar refractivity (Wildman–Crippen MR) is 113 cm³/mol. The number of rotatable bonds is 3. The lowest BCUT2D eigenvalue weighted by Gasteiger charge is -2.42. The molecule has 6 heteroatoms. The van der Waals surface area contributed by atoms with Crippen molar-refractivity contribution in [2.24, 2.45) is 0 Å². The molecule has 2 aliphatic heterocycles. The molecule has 1 saturated carbocycles. The predicted octanol–water partition coefficient (Wildman–Crippen LogP) is 3.44. The summed E-state index contributed by atoms with van der Waals surface area (Å²) in [5.41, 5.74) is 1.92. The van der Waals surface area contributed by atoms with Gasteiger partial charge >= 0.3 is 6.09 Å². The number of amides is 2. The van der Waals surface area contributed by atoms with E-state index in [4.69, 9.17) is 4.74 Å². The number of nitrogens with zero attached hydrogens (tertiary/aromatic N) is 2. The van der Waals surface area contributed by atoms with Crippen LogP contribution in [0, 0.1) is 0 Å². The Morgan fingerprint density at radius 1 is 1.21 bits per heavy atom. The van der Waals surface area contributed by atoms with Gasteiger partial charge in [0.2, 0.25) is 5.91 Å². The lowest BCUT2D eigenvalue weighted by Crippen LogP contribution is -2.51. The van der Waals surface area contributed by atoms with E-state index in [0.717, 1.165) is 50.9 Å². The van der Waals surface area contributed by atoms with E-state index < -0.39 is 0 Å². The van der Waals surface area contributed by atoms with Crippen LogP contribution < -0.4 is 10.2 Å². The number of hydrogen-bond donors (Lipinski definition) is 1. The molecule has 2 atom stereocenters. The highest BCUT2D eigenvalue weighted by Gasteiger charge is 2.51. The SMILES string of the molecule is CCOC(=O)NC1CCCCC(N2CCC3(CC2)C(=O)N(C)c2ccccc23)C1. The molecule has 0 aromatic heterocycles. The van der Waals surface area contributed by atoms with Crippen molar-refractivity contribution in [1.29, 1.82) is 0 Å². The summed E-state index contributed by atoms with van der Waals surface area (Å²) in [6.45, 7) is 4.11. The minimum Gasteiger partial charge on any atom is -0.450 e. The zero-order chi connectivity index (χ0) is 20.4. The number of nitrogens with one attached hydrogen (secondary N) is 1. The third kappa shape index (κ3) is 3.75. The van der Waals surface area contributed by atoms with Gasteiger partial charge in [-0.2, -0.15) is 0 Å². The fourth-order valence-corrected chi connectivity index (χ4v) is 5.61. The molecule has 1 N–H and O–H groups in total. The third-order valence-electron chi connectivity index (χ3n) is 7.16. The number of para-hydroxylation sites is 1. The second kappa shape index (κ2) is 8.34. The minimum atomic E-state index is -0.352. The quantitative estimate of drug-likeness (QED) is 0.791. The standard InChI is InChI=1S/C23H33N3O3/c1-3-29-22(28)24-17-8-4-5-9-18(16-17)26-14-12-23(13-15-26)19-10-6-7-11-20(19)25(2)21(23)27/h6-7,10-11,17-18H,3-5,8-9,12-16H2,1-2H3,(H,24,28). The molecule has 2 fully saturated rings. The van der Waals surface area contributed by atoms with Crippen LogP contribution in [0.5, 0.6) is 0 Å². The Labute approximate surface area is 173 Å². The second-order valence-corrected chi connectivity index (χ2v) is 8.74. The molecule has 158 valence electrons. The van der Waals surface area contributed by atoms with Crippen LogP contribution in [0.25, 0.3) is 0 Å². The summed E-state index contributed by atoms with van der Waals surface area (Å²) in [5.74, 6) is 0.251. The number of likely N-dealkylation sites (tertiary alicyclic amines) is 1. The van der Waals surface area contributed by atoms with Gasteiger partial charge in [0.15, 0.2) is 0 Å². The Morgan fingerprint density at radius 2 is 1.93 bits per heavy atom. The van der Waals surface area contributed by atoms with Crippen molar-refractivity contribution in [2.75, 3.05) is 31.6 Å². The van der Waals surface area contributed by atoms with Crippen LogP contribution in [0.15, 0.2) is 24.3 Å². The van der Waals surface area contributed by atoms with Crippen LogP contribution in [-0.2, 0) is 14.9 Å². The number of likely N-dealkylation sites (N-methyl/N-ethyl adjacent to an activating group) is 1. The van der Waals surface area contributed by atoms with Crippen LogP contribution in [0.4, 0.5) is 10.5 Å². The summed E-state index contributed by atoms with van der Waals surface area (Å²) in [5, 5.41) is 3.05. The summed E-state index contributed by atoms with van der Waals surface area (Å²) in [4.78, 5) is 29.4. The molecule has 4 rings (SSSR count). The maximum atomic E-state index is 13.2. The fraction of sp³-hybridized carbons (Fsp3) is 0.652. The van der Waals surface area contributed by atoms with Crippen molar-refractivity contribution < 1.29 is 14.3 Å². The van der Waals surface area contributed by atoms with E-state index in [9.17, 15) is 9.59 Å². The van der Waals surface area contributed by atoms with Crippen molar-refractivity contribution >= 4 is 17.7 Å². The van der Waals surface area contributed by atoms with Crippen molar-refractivity contribution in [3.8, 4) is 0 Å². The molecule has 2 amide bonds. The summed E-state index contributed by atoms with van der Waals surface area (Å²) in [6, 6.07) is 8.90. The average molecular weight is 400 g/mol. The lowest BCUT2D eigenvalue weighted by molar-refractivity contribution is -0.124. The Hall–Kier alpha value is -2.08. The number of ether oxygens (including phenoxy) is 1. The molecule has 1 aromatic carbocycles. The third-order valence-corrected chi connectivity index (χ3v) is 7.16. The van der Waals surface area contributed by atoms with Gasteiger partial charge in [0, 0.05) is 24.8 Å². The van der Waals surface area contributed by atoms with E-state index in [1.54, 1.807) is 0 Å². The summed E-state index contributed by atoms with van der Waals surface area (Å²) in [7, 11) is 1.90. The van der Waals surface area contributed by atoms with Crippen molar-refractivity contribution in [1.82, 2.24) is 10.2 Å². The Kier molecular flexibility index (Phi) is 5.81. The monoisotopic (exact) mass is 399 g/mol. The van der Waals surface area contributed by atoms with E-state index in [1.807, 2.05) is 24.9 Å². The Bertz CT molecular complexity index is 757. The summed E-state index contributed by atoms with van der Waals surface area (Å²) < 4.78 is 5.08. The van der Waals surface area contributed by atoms with Gasteiger partial charge in [-0.15, -0.1) is 0 Å². The summed E-state index contributed by atoms with van der Waals surface area (Å²) >= 11 is 0. The zero-order valence-corrected chi connectivity index (χ0v) is 17.7. The van der Waals surface area contributed by atoms with E-state index >= 15 is 0 Å². The number of fused-ring (bicyclic) bond motifs is 2. The first-order chi connectivity index (χ1) is 14.0. The minimum absolute atomic E-state index is 0.178. The Morgan fingerprint density at radius 3 is 2.69 bits per heavy atom. The smallest absolute Gasteiger partial charge is 0.407 e. The molecule has 1 aromatic rings. The number of carbonyl (C=O) groups is 2. The number of alkyl carbamates (subject to hydrolysis) is 1. The molecule has 0 radical (unpaired) electrons. The number of hydrogen-bond acceptors (Lipinski definition) is 4. The number of carbonyl (C=O) groups excluding carboxylic acids is 2. The lowest BCUT2D eigenvalue weighted by atomic mass is 9.73. The molecule has 6 nitrogen and oxygen atoms in total. The summed E-state index contributed by atoms with van der Waals surface area (Å²) in [6.07, 6.45) is 6.93. The van der Waals surface area contributed by atoms with Gasteiger partial charge in [-0.1, -0.05) is 31.0 Å². The number of benzene rings is 1. The van der Waals surface area contributed by atoms with Gasteiger partial charge in [0.25, 0.3) is 0 Å².